The quantitative estimate of drug-likeness (QED) is 0.0991. The first kappa shape index (κ1) is 35.2. The van der Waals surface area contributed by atoms with E-state index in [4.69, 9.17) is 9.47 Å². The Morgan fingerprint density at radius 3 is 2.60 bits per heavy atom. The van der Waals surface area contributed by atoms with Gasteiger partial charge in [0.2, 0.25) is 11.7 Å². The number of fused-ring (bicyclic) bond motifs is 2. The second-order valence-electron chi connectivity index (χ2n) is 12.5. The average Bonchev–Trinajstić information content (AvgIpc) is 3.59. The van der Waals surface area contributed by atoms with Crippen LogP contribution in [0.5, 0.6) is 5.75 Å². The molecule has 0 saturated carbocycles. The highest BCUT2D eigenvalue weighted by Crippen LogP contribution is 2.24. The number of Topliss-reactive ketones (excluding diaryl/α,β-unsaturated/α-hetero) is 1. The van der Waals surface area contributed by atoms with Crippen molar-refractivity contribution >= 4 is 50.9 Å². The molecule has 0 spiro atoms. The molecule has 3 amide bonds. The molecule has 6 rings (SSSR count). The number of nitrogens with one attached hydrogen (secondary N) is 2. The number of nitrogens with zero attached hydrogens (tertiary/aromatic N) is 3. The number of morpholine rings is 1. The normalized spacial score (nSPS) is 17.0. The Morgan fingerprint density at radius 1 is 1.00 bits per heavy atom. The first-order valence-corrected chi connectivity index (χ1v) is 16.1. The SMILES string of the molecule is C[N+]1(CCCOc2ccc3nccc(C(=O)NCC(=O)N4CCCC4C(=O)C(=O)Nc4ccc5ccccc5c4)c3c2)CCOCC1.[I-]. The van der Waals surface area contributed by atoms with Gasteiger partial charge in [-0.05, 0) is 60.0 Å². The van der Waals surface area contributed by atoms with Gasteiger partial charge >= 0.3 is 0 Å². The van der Waals surface area contributed by atoms with E-state index >= 15 is 0 Å². The van der Waals surface area contributed by atoms with Crippen LogP contribution in [0.4, 0.5) is 5.69 Å². The minimum atomic E-state index is -0.880. The number of halogens is 1. The monoisotopic (exact) mass is 765 g/mol. The maximum atomic E-state index is 13.3. The second-order valence-corrected chi connectivity index (χ2v) is 12.5. The summed E-state index contributed by atoms with van der Waals surface area (Å²) in [4.78, 5) is 58.3. The lowest BCUT2D eigenvalue weighted by molar-refractivity contribution is -0.917. The average molecular weight is 766 g/mol. The maximum absolute atomic E-state index is 13.3. The fourth-order valence-corrected chi connectivity index (χ4v) is 6.36. The fourth-order valence-electron chi connectivity index (χ4n) is 6.36. The van der Waals surface area contributed by atoms with Crippen molar-refractivity contribution < 1.29 is 57.1 Å². The zero-order valence-electron chi connectivity index (χ0n) is 27.0. The van der Waals surface area contributed by atoms with Gasteiger partial charge in [-0.15, -0.1) is 0 Å². The van der Waals surface area contributed by atoms with Crippen LogP contribution in [0, 0.1) is 0 Å². The Labute approximate surface area is 296 Å². The van der Waals surface area contributed by atoms with E-state index in [0.29, 0.717) is 53.9 Å². The van der Waals surface area contributed by atoms with Gasteiger partial charge in [-0.1, -0.05) is 30.3 Å². The molecule has 3 heterocycles. The van der Waals surface area contributed by atoms with Gasteiger partial charge in [0.15, 0.2) is 0 Å². The van der Waals surface area contributed by atoms with Gasteiger partial charge in [0.25, 0.3) is 11.8 Å². The molecule has 252 valence electrons. The number of anilines is 1. The van der Waals surface area contributed by atoms with Gasteiger partial charge in [-0.2, -0.15) is 0 Å². The lowest BCUT2D eigenvalue weighted by Gasteiger charge is -2.37. The number of pyridine rings is 1. The molecule has 1 aromatic heterocycles. The van der Waals surface area contributed by atoms with Gasteiger partial charge in [0, 0.05) is 30.2 Å². The lowest BCUT2D eigenvalue weighted by Crippen LogP contribution is -3.00. The summed E-state index contributed by atoms with van der Waals surface area (Å²) in [5.41, 5.74) is 1.50. The minimum Gasteiger partial charge on any atom is -1.00 e. The molecule has 11 nitrogen and oxygen atoms in total. The highest BCUT2D eigenvalue weighted by Gasteiger charge is 2.37. The van der Waals surface area contributed by atoms with Gasteiger partial charge in [-0.3, -0.25) is 24.2 Å². The summed E-state index contributed by atoms with van der Waals surface area (Å²) in [5.74, 6) is -1.67. The number of amides is 3. The number of hydrogen-bond donors (Lipinski definition) is 2. The van der Waals surface area contributed by atoms with Crippen molar-refractivity contribution in [2.75, 3.05) is 64.9 Å². The number of likely N-dealkylation sites (N-methyl/N-ethyl adjacent to an activating group) is 1. The number of aromatic nitrogens is 1. The summed E-state index contributed by atoms with van der Waals surface area (Å²) >= 11 is 0. The van der Waals surface area contributed by atoms with Crippen LogP contribution in [0.1, 0.15) is 29.6 Å². The van der Waals surface area contributed by atoms with E-state index in [-0.39, 0.29) is 30.5 Å². The van der Waals surface area contributed by atoms with Crippen molar-refractivity contribution in [1.29, 1.82) is 0 Å². The predicted octanol–water partition coefficient (Wildman–Crippen LogP) is 0.566. The molecule has 2 aliphatic heterocycles. The molecule has 0 bridgehead atoms. The van der Waals surface area contributed by atoms with Crippen molar-refractivity contribution in [2.24, 2.45) is 0 Å². The zero-order valence-corrected chi connectivity index (χ0v) is 29.1. The Kier molecular flexibility index (Phi) is 11.6. The van der Waals surface area contributed by atoms with Crippen LogP contribution in [0.15, 0.2) is 72.9 Å². The third-order valence-corrected chi connectivity index (χ3v) is 9.13. The van der Waals surface area contributed by atoms with Crippen LogP contribution in [-0.4, -0.2) is 104 Å². The van der Waals surface area contributed by atoms with Crippen LogP contribution >= 0.6 is 0 Å². The van der Waals surface area contributed by atoms with E-state index in [1.54, 1.807) is 30.5 Å². The van der Waals surface area contributed by atoms with Crippen molar-refractivity contribution in [2.45, 2.75) is 25.3 Å². The Morgan fingerprint density at radius 2 is 1.79 bits per heavy atom. The summed E-state index contributed by atoms with van der Waals surface area (Å²) in [6.45, 7) is 5.14. The molecule has 0 radical (unpaired) electrons. The van der Waals surface area contributed by atoms with E-state index in [2.05, 4.69) is 22.7 Å². The molecule has 12 heteroatoms. The molecule has 0 aliphatic carbocycles. The van der Waals surface area contributed by atoms with Gasteiger partial charge < -0.3 is 53.5 Å². The number of ether oxygens (including phenoxy) is 2. The zero-order chi connectivity index (χ0) is 32.8. The Bertz CT molecular complexity index is 1810. The van der Waals surface area contributed by atoms with Gasteiger partial charge in [0.1, 0.15) is 24.9 Å². The lowest BCUT2D eigenvalue weighted by atomic mass is 10.1. The van der Waals surface area contributed by atoms with Gasteiger partial charge in [0.05, 0.1) is 51.0 Å². The molecule has 2 saturated heterocycles. The van der Waals surface area contributed by atoms with E-state index in [0.717, 1.165) is 54.5 Å². The highest BCUT2D eigenvalue weighted by atomic mass is 127. The predicted molar refractivity (Wildman–Crippen MR) is 178 cm³/mol. The summed E-state index contributed by atoms with van der Waals surface area (Å²) in [6.07, 6.45) is 3.41. The largest absolute Gasteiger partial charge is 1.00 e. The van der Waals surface area contributed by atoms with Crippen LogP contribution in [-0.2, 0) is 19.1 Å². The van der Waals surface area contributed by atoms with Crippen LogP contribution in [0.2, 0.25) is 0 Å². The summed E-state index contributed by atoms with van der Waals surface area (Å²) in [5, 5.41) is 7.95. The topological polar surface area (TPSA) is 127 Å². The number of carbonyl (C=O) groups is 4. The summed E-state index contributed by atoms with van der Waals surface area (Å²) in [6, 6.07) is 19.3. The first-order valence-electron chi connectivity index (χ1n) is 16.1. The third kappa shape index (κ3) is 8.28. The molecule has 2 N–H and O–H groups in total. The Balaban J connectivity index is 0.00000451. The molecular weight excluding hydrogens is 725 g/mol. The van der Waals surface area contributed by atoms with Crippen LogP contribution < -0.4 is 39.3 Å². The molecule has 2 fully saturated rings. The number of hydrogen-bond acceptors (Lipinski definition) is 7. The number of quaternary nitrogens is 1. The Hall–Kier alpha value is -4.14. The second kappa shape index (κ2) is 15.8. The molecule has 4 aromatic rings. The molecule has 2 aliphatic rings. The third-order valence-electron chi connectivity index (χ3n) is 9.13. The number of rotatable bonds is 11. The number of likely N-dealkylation sites (tertiary alicyclic amines) is 1. The van der Waals surface area contributed by atoms with Crippen molar-refractivity contribution in [3.63, 3.8) is 0 Å². The number of benzene rings is 3. The highest BCUT2D eigenvalue weighted by molar-refractivity contribution is 6.42. The smallest absolute Gasteiger partial charge is 0.293 e. The van der Waals surface area contributed by atoms with E-state index < -0.39 is 29.5 Å². The molecule has 1 unspecified atom stereocenters. The molecule has 48 heavy (non-hydrogen) atoms. The van der Waals surface area contributed by atoms with Crippen molar-refractivity contribution in [3.8, 4) is 5.75 Å². The standard InChI is InChI=1S/C36H39N5O6.HI/c1-41(17-20-46-21-18-41)16-5-19-47-28-11-12-31-30(23-28)29(13-14-37-31)35(44)38-24-33(42)40-15-4-8-32(40)34(43)36(45)39-27-10-9-25-6-2-3-7-26(25)22-27;/h2-3,6-7,9-14,22-23,32H,4-5,8,15-21,24H2,1H3,(H-,38,39,44,45);1H. The fraction of sp³-hybridized carbons (Fsp3) is 0.361. The summed E-state index contributed by atoms with van der Waals surface area (Å²) < 4.78 is 12.5. The van der Waals surface area contributed by atoms with Crippen molar-refractivity contribution in [3.05, 3.63) is 78.5 Å². The number of ketones is 1. The van der Waals surface area contributed by atoms with Crippen LogP contribution in [0.25, 0.3) is 21.7 Å². The van der Waals surface area contributed by atoms with E-state index in [1.807, 2.05) is 42.5 Å². The molecule has 1 atom stereocenters. The molecule has 3 aromatic carbocycles. The maximum Gasteiger partial charge on any atom is 0.293 e. The summed E-state index contributed by atoms with van der Waals surface area (Å²) in [7, 11) is 2.24. The van der Waals surface area contributed by atoms with Crippen molar-refractivity contribution in [1.82, 2.24) is 15.2 Å². The minimum absolute atomic E-state index is 0. The first-order chi connectivity index (χ1) is 22.8. The van der Waals surface area contributed by atoms with E-state index in [9.17, 15) is 19.2 Å². The molecular formula is C36H40IN5O6. The van der Waals surface area contributed by atoms with Crippen LogP contribution in [0.3, 0.4) is 0 Å². The van der Waals surface area contributed by atoms with Gasteiger partial charge in [-0.25, -0.2) is 0 Å². The number of carbonyl (C=O) groups excluding carboxylic acids is 4. The van der Waals surface area contributed by atoms with E-state index in [1.165, 1.54) is 4.90 Å².